The second kappa shape index (κ2) is 7.28. The predicted molar refractivity (Wildman–Crippen MR) is 54.7 cm³/mol. The first-order chi connectivity index (χ1) is 10.2. The number of rotatable bonds is 6. The van der Waals surface area contributed by atoms with Crippen molar-refractivity contribution in [3.8, 4) is 0 Å². The molecule has 0 aromatic heterocycles. The summed E-state index contributed by atoms with van der Waals surface area (Å²) in [6.45, 7) is 0. The van der Waals surface area contributed by atoms with E-state index in [4.69, 9.17) is 10.2 Å². The monoisotopic (exact) mass is 354 g/mol. The van der Waals surface area contributed by atoms with E-state index in [0.717, 1.165) is 0 Å². The number of hydrogen-bond acceptors (Lipinski definition) is 5. The van der Waals surface area contributed by atoms with E-state index in [0.29, 0.717) is 0 Å². The molecule has 0 aromatic carbocycles. The van der Waals surface area contributed by atoms with Crippen LogP contribution in [0.3, 0.4) is 0 Å². The normalized spacial score (nSPS) is 14.7. The van der Waals surface area contributed by atoms with E-state index in [2.05, 4.69) is 4.74 Å². The molecular weight excluding hydrogens is 346 g/mol. The Hall–Kier alpha value is -2.34. The first-order valence-corrected chi connectivity index (χ1v) is 5.48. The first-order valence-electron chi connectivity index (χ1n) is 5.48. The van der Waals surface area contributed by atoms with Gasteiger partial charge in [-0.3, -0.25) is 19.2 Å². The molecule has 0 heterocycles. The quantitative estimate of drug-likeness (QED) is 0.420. The Balaban J connectivity index is 5.25. The number of halogens is 6. The van der Waals surface area contributed by atoms with E-state index in [1.807, 2.05) is 0 Å². The Morgan fingerprint density at radius 2 is 1.00 bits per heavy atom. The van der Waals surface area contributed by atoms with Crippen molar-refractivity contribution in [1.29, 1.82) is 0 Å². The van der Waals surface area contributed by atoms with Gasteiger partial charge in [0.1, 0.15) is 0 Å². The van der Waals surface area contributed by atoms with Gasteiger partial charge in [-0.25, -0.2) is 0 Å². The molecular formula is C10H8F6O7. The van der Waals surface area contributed by atoms with Gasteiger partial charge in [-0.15, -0.1) is 0 Å². The maximum absolute atomic E-state index is 12.4. The van der Waals surface area contributed by atoms with Crippen molar-refractivity contribution in [2.75, 3.05) is 0 Å². The molecule has 0 rings (SSSR count). The van der Waals surface area contributed by atoms with Crippen molar-refractivity contribution in [3.05, 3.63) is 0 Å². The number of hydrogen-bond donors (Lipinski definition) is 2. The summed E-state index contributed by atoms with van der Waals surface area (Å²) >= 11 is 0. The van der Waals surface area contributed by atoms with Gasteiger partial charge < -0.3 is 14.9 Å². The summed E-state index contributed by atoms with van der Waals surface area (Å²) in [7, 11) is 0. The number of carboxylic acid groups (broad SMARTS) is 2. The fourth-order valence-corrected chi connectivity index (χ4v) is 1.26. The minimum absolute atomic E-state index is 1.87. The molecule has 0 amide bonds. The third kappa shape index (κ3) is 6.97. The summed E-state index contributed by atoms with van der Waals surface area (Å²) in [5.74, 6) is -16.1. The highest BCUT2D eigenvalue weighted by Gasteiger charge is 2.51. The number of carbonyl (C=O) groups is 4. The Bertz CT molecular complexity index is 451. The van der Waals surface area contributed by atoms with E-state index in [-0.39, 0.29) is 0 Å². The zero-order chi connectivity index (χ0) is 18.6. The minimum Gasteiger partial charge on any atom is -0.481 e. The molecule has 0 aromatic rings. The molecule has 0 radical (unpaired) electrons. The van der Waals surface area contributed by atoms with Crippen LogP contribution in [-0.2, 0) is 23.9 Å². The number of carboxylic acids is 2. The topological polar surface area (TPSA) is 118 Å². The molecule has 132 valence electrons. The number of ether oxygens (including phenoxy) is 1. The lowest BCUT2D eigenvalue weighted by Gasteiger charge is -2.20. The molecule has 23 heavy (non-hydrogen) atoms. The zero-order valence-corrected chi connectivity index (χ0v) is 10.8. The van der Waals surface area contributed by atoms with Gasteiger partial charge in [0.25, 0.3) is 0 Å². The second-order valence-corrected chi connectivity index (χ2v) is 4.12. The van der Waals surface area contributed by atoms with E-state index in [1.54, 1.807) is 0 Å². The summed E-state index contributed by atoms with van der Waals surface area (Å²) in [5, 5.41) is 16.5. The van der Waals surface area contributed by atoms with Crippen LogP contribution >= 0.6 is 0 Å². The lowest BCUT2D eigenvalue weighted by atomic mass is 10.0. The molecule has 0 aliphatic rings. The number of carbonyl (C=O) groups excluding carboxylic acids is 2. The van der Waals surface area contributed by atoms with Crippen molar-refractivity contribution in [3.63, 3.8) is 0 Å². The highest BCUT2D eigenvalue weighted by molar-refractivity contribution is 5.91. The molecule has 2 unspecified atom stereocenters. The van der Waals surface area contributed by atoms with Crippen LogP contribution in [0.1, 0.15) is 12.8 Å². The molecule has 0 aliphatic heterocycles. The van der Waals surface area contributed by atoms with Crippen molar-refractivity contribution >= 4 is 23.9 Å². The second-order valence-electron chi connectivity index (χ2n) is 4.12. The molecule has 0 spiro atoms. The summed E-state index contributed by atoms with van der Waals surface area (Å²) < 4.78 is 78.0. The number of esters is 2. The Kier molecular flexibility index (Phi) is 6.54. The smallest absolute Gasteiger partial charge is 0.402 e. The molecule has 0 aliphatic carbocycles. The number of aliphatic carboxylic acids is 2. The van der Waals surface area contributed by atoms with Gasteiger partial charge in [0.05, 0.1) is 12.8 Å². The van der Waals surface area contributed by atoms with Gasteiger partial charge in [-0.05, 0) is 0 Å². The number of alkyl halides is 6. The van der Waals surface area contributed by atoms with Crippen molar-refractivity contribution in [2.24, 2.45) is 11.8 Å². The molecule has 0 bridgehead atoms. The van der Waals surface area contributed by atoms with Gasteiger partial charge in [0.15, 0.2) is 11.8 Å². The minimum atomic E-state index is -5.49. The fraction of sp³-hybridized carbons (Fsp3) is 0.600. The lowest BCUT2D eigenvalue weighted by Crippen LogP contribution is -2.40. The van der Waals surface area contributed by atoms with Gasteiger partial charge in [-0.2, -0.15) is 26.3 Å². The molecule has 0 saturated heterocycles. The third-order valence-electron chi connectivity index (χ3n) is 2.32. The van der Waals surface area contributed by atoms with Crippen molar-refractivity contribution < 1.29 is 60.5 Å². The average Bonchev–Trinajstić information content (AvgIpc) is 2.29. The SMILES string of the molecule is O=C(O)CC(C(=O)OC(=O)C(CC(=O)O)C(F)(F)F)C(F)(F)F. The zero-order valence-electron chi connectivity index (χ0n) is 10.8. The van der Waals surface area contributed by atoms with Crippen LogP contribution < -0.4 is 0 Å². The molecule has 13 heteroatoms. The summed E-state index contributed by atoms with van der Waals surface area (Å²) in [6, 6.07) is 0. The molecule has 0 fully saturated rings. The standard InChI is InChI=1S/C10H8F6O7/c11-9(12,13)3(1-5(17)18)7(21)23-8(22)4(2-6(19)20)10(14,15)16/h3-4H,1-2H2,(H,17,18)(H,19,20). The maximum Gasteiger partial charge on any atom is 0.402 e. The van der Waals surface area contributed by atoms with E-state index in [9.17, 15) is 45.5 Å². The van der Waals surface area contributed by atoms with Crippen LogP contribution in [0.5, 0.6) is 0 Å². The summed E-state index contributed by atoms with van der Waals surface area (Å²) in [4.78, 5) is 42.7. The van der Waals surface area contributed by atoms with E-state index in [1.165, 1.54) is 0 Å². The van der Waals surface area contributed by atoms with Crippen LogP contribution in [0.2, 0.25) is 0 Å². The highest BCUT2D eigenvalue weighted by atomic mass is 19.4. The van der Waals surface area contributed by atoms with Crippen LogP contribution in [0.4, 0.5) is 26.3 Å². The van der Waals surface area contributed by atoms with Gasteiger partial charge in [0.2, 0.25) is 0 Å². The van der Waals surface area contributed by atoms with E-state index >= 15 is 0 Å². The van der Waals surface area contributed by atoms with Gasteiger partial charge in [0, 0.05) is 0 Å². The summed E-state index contributed by atoms with van der Waals surface area (Å²) in [6.07, 6.45) is -14.7. The van der Waals surface area contributed by atoms with E-state index < -0.39 is 60.9 Å². The maximum atomic E-state index is 12.4. The first kappa shape index (κ1) is 20.7. The van der Waals surface area contributed by atoms with Crippen LogP contribution in [0.15, 0.2) is 0 Å². The largest absolute Gasteiger partial charge is 0.481 e. The van der Waals surface area contributed by atoms with Gasteiger partial charge in [-0.1, -0.05) is 0 Å². The predicted octanol–water partition coefficient (Wildman–Crippen LogP) is 1.36. The third-order valence-corrected chi connectivity index (χ3v) is 2.32. The van der Waals surface area contributed by atoms with Crippen LogP contribution in [-0.4, -0.2) is 46.4 Å². The molecule has 0 saturated carbocycles. The Morgan fingerprint density at radius 1 is 0.739 bits per heavy atom. The Labute approximate surface area is 122 Å². The van der Waals surface area contributed by atoms with Crippen molar-refractivity contribution in [2.45, 2.75) is 25.2 Å². The lowest BCUT2D eigenvalue weighted by molar-refractivity contribution is -0.214. The van der Waals surface area contributed by atoms with Crippen LogP contribution in [0.25, 0.3) is 0 Å². The molecule has 2 N–H and O–H groups in total. The van der Waals surface area contributed by atoms with Gasteiger partial charge >= 0.3 is 36.2 Å². The average molecular weight is 354 g/mol. The summed E-state index contributed by atoms with van der Waals surface area (Å²) in [5.41, 5.74) is 0. The van der Waals surface area contributed by atoms with Crippen molar-refractivity contribution in [1.82, 2.24) is 0 Å². The Morgan fingerprint density at radius 3 is 1.17 bits per heavy atom. The highest BCUT2D eigenvalue weighted by Crippen LogP contribution is 2.33. The fourth-order valence-electron chi connectivity index (χ4n) is 1.26. The molecule has 2 atom stereocenters. The molecule has 7 nitrogen and oxygen atoms in total. The van der Waals surface area contributed by atoms with Crippen LogP contribution in [0, 0.1) is 11.8 Å².